The average molecular weight is 249 g/mol. The van der Waals surface area contributed by atoms with Crippen molar-refractivity contribution in [3.8, 4) is 5.75 Å². The molecule has 2 rings (SSSR count). The van der Waals surface area contributed by atoms with Gasteiger partial charge in [0.05, 0.1) is 18.4 Å². The van der Waals surface area contributed by atoms with E-state index in [1.54, 1.807) is 12.4 Å². The monoisotopic (exact) mass is 249 g/mol. The Hall–Kier alpha value is -1.09. The molecule has 1 aliphatic carbocycles. The van der Waals surface area contributed by atoms with E-state index in [1.807, 2.05) is 19.9 Å². The van der Waals surface area contributed by atoms with Crippen LogP contribution in [-0.4, -0.2) is 16.7 Å². The number of aliphatic hydroxyl groups is 1. The lowest BCUT2D eigenvalue weighted by molar-refractivity contribution is -0.0219. The third kappa shape index (κ3) is 2.83. The van der Waals surface area contributed by atoms with Gasteiger partial charge in [-0.2, -0.15) is 0 Å². The molecule has 1 N–H and O–H groups in total. The summed E-state index contributed by atoms with van der Waals surface area (Å²) >= 11 is 0. The Balaban J connectivity index is 2.19. The highest BCUT2D eigenvalue weighted by atomic mass is 16.5. The van der Waals surface area contributed by atoms with E-state index < -0.39 is 5.60 Å². The summed E-state index contributed by atoms with van der Waals surface area (Å²) in [6.07, 6.45) is 9.40. The fraction of sp³-hybridized carbons (Fsp3) is 0.667. The minimum atomic E-state index is -0.791. The zero-order chi connectivity index (χ0) is 13.0. The smallest absolute Gasteiger partial charge is 0.137 e. The fourth-order valence-electron chi connectivity index (χ4n) is 2.84. The minimum absolute atomic E-state index is 0.338. The van der Waals surface area contributed by atoms with Crippen LogP contribution in [0.1, 0.15) is 51.5 Å². The maximum Gasteiger partial charge on any atom is 0.137 e. The first-order chi connectivity index (χ1) is 8.64. The summed E-state index contributed by atoms with van der Waals surface area (Å²) in [6, 6.07) is 1.92. The molecular formula is C15H23NO2. The van der Waals surface area contributed by atoms with E-state index in [1.165, 1.54) is 19.3 Å². The van der Waals surface area contributed by atoms with Crippen LogP contribution in [0.5, 0.6) is 5.75 Å². The van der Waals surface area contributed by atoms with Gasteiger partial charge in [0.15, 0.2) is 0 Å². The maximum absolute atomic E-state index is 10.8. The van der Waals surface area contributed by atoms with E-state index in [-0.39, 0.29) is 0 Å². The van der Waals surface area contributed by atoms with E-state index in [0.717, 1.165) is 24.2 Å². The van der Waals surface area contributed by atoms with E-state index in [9.17, 15) is 5.11 Å². The Labute approximate surface area is 109 Å². The second kappa shape index (κ2) is 5.70. The number of pyridine rings is 1. The largest absolute Gasteiger partial charge is 0.492 e. The van der Waals surface area contributed by atoms with E-state index >= 15 is 0 Å². The van der Waals surface area contributed by atoms with Gasteiger partial charge in [0.25, 0.3) is 0 Å². The van der Waals surface area contributed by atoms with Crippen LogP contribution in [0, 0.1) is 5.92 Å². The van der Waals surface area contributed by atoms with Gasteiger partial charge in [-0.1, -0.05) is 19.3 Å². The molecule has 0 bridgehead atoms. The number of ether oxygens (including phenoxy) is 1. The Morgan fingerprint density at radius 3 is 2.72 bits per heavy atom. The summed E-state index contributed by atoms with van der Waals surface area (Å²) in [5, 5.41) is 10.8. The van der Waals surface area contributed by atoms with Crippen LogP contribution in [0.2, 0.25) is 0 Å². The Morgan fingerprint density at radius 1 is 1.33 bits per heavy atom. The van der Waals surface area contributed by atoms with Crippen molar-refractivity contribution in [1.29, 1.82) is 0 Å². The number of hydrogen-bond donors (Lipinski definition) is 1. The quantitative estimate of drug-likeness (QED) is 0.890. The molecule has 1 atom stereocenters. The first-order valence-corrected chi connectivity index (χ1v) is 6.95. The molecule has 3 nitrogen and oxygen atoms in total. The minimum Gasteiger partial charge on any atom is -0.492 e. The zero-order valence-corrected chi connectivity index (χ0v) is 11.4. The molecule has 0 aromatic carbocycles. The second-order valence-electron chi connectivity index (χ2n) is 5.32. The van der Waals surface area contributed by atoms with Crippen molar-refractivity contribution in [2.45, 2.75) is 51.6 Å². The van der Waals surface area contributed by atoms with Gasteiger partial charge in [-0.05, 0) is 38.7 Å². The third-order valence-corrected chi connectivity index (χ3v) is 4.01. The van der Waals surface area contributed by atoms with Gasteiger partial charge >= 0.3 is 0 Å². The molecule has 18 heavy (non-hydrogen) atoms. The van der Waals surface area contributed by atoms with Crippen molar-refractivity contribution in [3.63, 3.8) is 0 Å². The van der Waals surface area contributed by atoms with Crippen molar-refractivity contribution < 1.29 is 9.84 Å². The molecule has 100 valence electrons. The lowest BCUT2D eigenvalue weighted by Gasteiger charge is -2.35. The molecule has 1 saturated carbocycles. The molecule has 1 unspecified atom stereocenters. The molecule has 0 amide bonds. The van der Waals surface area contributed by atoms with Crippen LogP contribution in [-0.2, 0) is 5.60 Å². The van der Waals surface area contributed by atoms with Crippen molar-refractivity contribution in [3.05, 3.63) is 24.0 Å². The van der Waals surface area contributed by atoms with Crippen molar-refractivity contribution in [2.24, 2.45) is 5.92 Å². The van der Waals surface area contributed by atoms with Crippen LogP contribution < -0.4 is 4.74 Å². The Morgan fingerprint density at radius 2 is 2.06 bits per heavy atom. The van der Waals surface area contributed by atoms with Gasteiger partial charge in [-0.25, -0.2) is 0 Å². The molecule has 3 heteroatoms. The summed E-state index contributed by atoms with van der Waals surface area (Å²) in [5.41, 5.74) is 0.0842. The first-order valence-electron chi connectivity index (χ1n) is 6.95. The lowest BCUT2D eigenvalue weighted by atomic mass is 9.75. The highest BCUT2D eigenvalue weighted by Gasteiger charge is 2.34. The predicted molar refractivity (Wildman–Crippen MR) is 71.6 cm³/mol. The van der Waals surface area contributed by atoms with Crippen LogP contribution in [0.15, 0.2) is 18.5 Å². The highest BCUT2D eigenvalue weighted by Crippen LogP contribution is 2.39. The molecule has 0 saturated heterocycles. The molecule has 0 aliphatic heterocycles. The van der Waals surface area contributed by atoms with Gasteiger partial charge in [-0.15, -0.1) is 0 Å². The molecular weight excluding hydrogens is 226 g/mol. The van der Waals surface area contributed by atoms with Crippen molar-refractivity contribution >= 4 is 0 Å². The van der Waals surface area contributed by atoms with E-state index in [4.69, 9.17) is 4.74 Å². The zero-order valence-electron chi connectivity index (χ0n) is 11.4. The van der Waals surface area contributed by atoms with Crippen LogP contribution >= 0.6 is 0 Å². The number of rotatable bonds is 4. The third-order valence-electron chi connectivity index (χ3n) is 4.01. The predicted octanol–water partition coefficient (Wildman–Crippen LogP) is 3.27. The van der Waals surface area contributed by atoms with Crippen LogP contribution in [0.4, 0.5) is 0 Å². The van der Waals surface area contributed by atoms with Gasteiger partial charge < -0.3 is 9.84 Å². The molecule has 1 heterocycles. The standard InChI is InChI=1S/C15H23NO2/c1-3-18-14-9-13(10-16-11-14)15(2,17)12-7-5-4-6-8-12/h9-12,17H,3-8H2,1-2H3. The van der Waals surface area contributed by atoms with Crippen molar-refractivity contribution in [2.75, 3.05) is 6.61 Å². The summed E-state index contributed by atoms with van der Waals surface area (Å²) in [5.74, 6) is 1.08. The summed E-state index contributed by atoms with van der Waals surface area (Å²) in [4.78, 5) is 4.18. The van der Waals surface area contributed by atoms with Crippen molar-refractivity contribution in [1.82, 2.24) is 4.98 Å². The molecule has 0 spiro atoms. The Bertz CT molecular complexity index is 384. The average Bonchev–Trinajstić information content (AvgIpc) is 2.40. The molecule has 1 aromatic heterocycles. The van der Waals surface area contributed by atoms with Gasteiger partial charge in [0, 0.05) is 11.8 Å². The molecule has 1 aliphatic rings. The lowest BCUT2D eigenvalue weighted by Crippen LogP contribution is -2.33. The summed E-state index contributed by atoms with van der Waals surface area (Å²) in [7, 11) is 0. The number of hydrogen-bond acceptors (Lipinski definition) is 3. The van der Waals surface area contributed by atoms with E-state index in [2.05, 4.69) is 4.98 Å². The first kappa shape index (κ1) is 13.3. The number of nitrogens with zero attached hydrogens (tertiary/aromatic N) is 1. The van der Waals surface area contributed by atoms with E-state index in [0.29, 0.717) is 12.5 Å². The maximum atomic E-state index is 10.8. The fourth-order valence-corrected chi connectivity index (χ4v) is 2.84. The second-order valence-corrected chi connectivity index (χ2v) is 5.32. The van der Waals surface area contributed by atoms with Gasteiger partial charge in [0.2, 0.25) is 0 Å². The number of aromatic nitrogens is 1. The topological polar surface area (TPSA) is 42.4 Å². The van der Waals surface area contributed by atoms with Gasteiger partial charge in [-0.3, -0.25) is 4.98 Å². The van der Waals surface area contributed by atoms with Crippen LogP contribution in [0.3, 0.4) is 0 Å². The molecule has 0 radical (unpaired) electrons. The normalized spacial score (nSPS) is 20.4. The van der Waals surface area contributed by atoms with Gasteiger partial charge in [0.1, 0.15) is 5.75 Å². The Kier molecular flexibility index (Phi) is 4.23. The highest BCUT2D eigenvalue weighted by molar-refractivity contribution is 5.28. The SMILES string of the molecule is CCOc1cncc(C(C)(O)C2CCCCC2)c1. The van der Waals surface area contributed by atoms with Crippen LogP contribution in [0.25, 0.3) is 0 Å². The summed E-state index contributed by atoms with van der Waals surface area (Å²) < 4.78 is 5.46. The molecule has 1 fully saturated rings. The molecule has 1 aromatic rings. The summed E-state index contributed by atoms with van der Waals surface area (Å²) in [6.45, 7) is 4.48.